The van der Waals surface area contributed by atoms with E-state index in [1.54, 1.807) is 30.3 Å². The number of piperidine rings is 1. The molecule has 3 aromatic rings. The number of unbranched alkanes of at least 4 members (excludes halogenated alkanes) is 1. The van der Waals surface area contributed by atoms with Crippen molar-refractivity contribution in [2.75, 3.05) is 31.1 Å². The number of likely N-dealkylation sites (tertiary alicyclic amines) is 1. The van der Waals surface area contributed by atoms with Gasteiger partial charge in [-0.1, -0.05) is 18.2 Å². The summed E-state index contributed by atoms with van der Waals surface area (Å²) >= 11 is 0. The molecule has 3 unspecified atom stereocenters. The second-order valence-electron chi connectivity index (χ2n) is 10.3. The van der Waals surface area contributed by atoms with Gasteiger partial charge in [0.15, 0.2) is 0 Å². The zero-order valence-electron chi connectivity index (χ0n) is 20.1. The Balaban J connectivity index is 1.10. The summed E-state index contributed by atoms with van der Waals surface area (Å²) in [6, 6.07) is 19.0. The molecule has 0 aliphatic carbocycles. The molecule has 1 amide bonds. The van der Waals surface area contributed by atoms with Crippen LogP contribution in [-0.2, 0) is 6.54 Å². The molecule has 0 bridgehead atoms. The van der Waals surface area contributed by atoms with Crippen molar-refractivity contribution in [3.8, 4) is 0 Å². The molecule has 36 heavy (non-hydrogen) atoms. The molecule has 0 aromatic heterocycles. The number of hydrogen-bond donors (Lipinski definition) is 0. The lowest BCUT2D eigenvalue weighted by Crippen LogP contribution is -2.45. The van der Waals surface area contributed by atoms with Crippen LogP contribution < -0.4 is 4.90 Å². The largest absolute Gasteiger partial charge is 0.625 e. The van der Waals surface area contributed by atoms with Gasteiger partial charge in [-0.05, 0) is 79.9 Å². The molecular weight excluding hydrogens is 460 g/mol. The van der Waals surface area contributed by atoms with Gasteiger partial charge in [-0.2, -0.15) is 0 Å². The first-order chi connectivity index (χ1) is 17.4. The van der Waals surface area contributed by atoms with E-state index in [0.717, 1.165) is 55.0 Å². The molecule has 3 aliphatic heterocycles. The Bertz CT molecular complexity index is 1300. The Morgan fingerprint density at radius 2 is 1.75 bits per heavy atom. The van der Waals surface area contributed by atoms with Gasteiger partial charge >= 0.3 is 5.91 Å². The molecule has 3 atom stereocenters. The van der Waals surface area contributed by atoms with Gasteiger partial charge in [0.05, 0.1) is 12.1 Å². The van der Waals surface area contributed by atoms with E-state index in [2.05, 4.69) is 9.80 Å². The summed E-state index contributed by atoms with van der Waals surface area (Å²) in [6.07, 6.45) is 2.43. The smallest absolute Gasteiger partial charge is 0.346 e. The van der Waals surface area contributed by atoms with Crippen molar-refractivity contribution in [3.63, 3.8) is 0 Å². The summed E-state index contributed by atoms with van der Waals surface area (Å²) in [7, 11) is 0. The predicted molar refractivity (Wildman–Crippen MR) is 135 cm³/mol. The minimum atomic E-state index is -0.788. The van der Waals surface area contributed by atoms with Crippen molar-refractivity contribution in [1.29, 1.82) is 0 Å². The van der Waals surface area contributed by atoms with Gasteiger partial charge in [-0.3, -0.25) is 4.65 Å². The molecular formula is C29H29F2N3O2. The first-order valence-corrected chi connectivity index (χ1v) is 12.7. The Morgan fingerprint density at radius 1 is 0.972 bits per heavy atom. The number of quaternary nitrogens is 1. The highest BCUT2D eigenvalue weighted by Crippen LogP contribution is 2.48. The molecule has 0 saturated carbocycles. The highest BCUT2D eigenvalue weighted by molar-refractivity contribution is 5.92. The molecule has 6 rings (SSSR count). The third-order valence-corrected chi connectivity index (χ3v) is 8.03. The van der Waals surface area contributed by atoms with E-state index < -0.39 is 4.65 Å². The summed E-state index contributed by atoms with van der Waals surface area (Å²) in [5.41, 5.74) is 4.32. The van der Waals surface area contributed by atoms with E-state index in [-0.39, 0.29) is 36.0 Å². The van der Waals surface area contributed by atoms with Crippen molar-refractivity contribution in [2.24, 2.45) is 0 Å². The van der Waals surface area contributed by atoms with Gasteiger partial charge in [0, 0.05) is 42.0 Å². The molecule has 0 spiro atoms. The highest BCUT2D eigenvalue weighted by Gasteiger charge is 2.43. The number of carbonyl (C=O) groups is 1. The fourth-order valence-corrected chi connectivity index (χ4v) is 6.29. The van der Waals surface area contributed by atoms with Crippen LogP contribution in [0.2, 0.25) is 0 Å². The number of amides is 1. The number of benzene rings is 3. The number of fused-ring (bicyclic) bond motifs is 4. The van der Waals surface area contributed by atoms with Crippen LogP contribution in [0, 0.1) is 16.8 Å². The van der Waals surface area contributed by atoms with E-state index in [1.165, 1.54) is 18.2 Å². The molecule has 3 aromatic carbocycles. The Labute approximate surface area is 209 Å². The monoisotopic (exact) mass is 489 g/mol. The zero-order chi connectivity index (χ0) is 24.9. The topological polar surface area (TPSA) is 46.6 Å². The fourth-order valence-electron chi connectivity index (χ4n) is 6.29. The average molecular weight is 490 g/mol. The first-order valence-electron chi connectivity index (χ1n) is 12.7. The normalized spacial score (nSPS) is 25.1. The van der Waals surface area contributed by atoms with Gasteiger partial charge in [-0.25, -0.2) is 13.6 Å². The molecule has 3 heterocycles. The van der Waals surface area contributed by atoms with Gasteiger partial charge in [0.1, 0.15) is 18.2 Å². The van der Waals surface area contributed by atoms with E-state index in [4.69, 9.17) is 0 Å². The van der Waals surface area contributed by atoms with Crippen molar-refractivity contribution < 1.29 is 18.2 Å². The SMILES string of the molecule is O=C1c2ccccc2C[N+]1([O-])CCCCN1CCC2C(C1)c1cc(F)ccc1N2c1ccc(F)cc1. The predicted octanol–water partition coefficient (Wildman–Crippen LogP) is 5.72. The molecule has 0 N–H and O–H groups in total. The van der Waals surface area contributed by atoms with E-state index >= 15 is 0 Å². The van der Waals surface area contributed by atoms with Crippen molar-refractivity contribution in [3.05, 3.63) is 100 Å². The molecule has 7 heteroatoms. The first kappa shape index (κ1) is 23.3. The average Bonchev–Trinajstić information content (AvgIpc) is 3.33. The van der Waals surface area contributed by atoms with Gasteiger partial charge in [0.25, 0.3) is 0 Å². The second kappa shape index (κ2) is 9.07. The maximum Gasteiger partial charge on any atom is 0.346 e. The van der Waals surface area contributed by atoms with Crippen molar-refractivity contribution in [1.82, 2.24) is 4.90 Å². The zero-order valence-corrected chi connectivity index (χ0v) is 20.1. The van der Waals surface area contributed by atoms with E-state index in [0.29, 0.717) is 18.5 Å². The summed E-state index contributed by atoms with van der Waals surface area (Å²) in [5.74, 6) is -0.685. The third kappa shape index (κ3) is 4.01. The van der Waals surface area contributed by atoms with Crippen LogP contribution in [0.4, 0.5) is 20.2 Å². The quantitative estimate of drug-likeness (QED) is 0.252. The van der Waals surface area contributed by atoms with Gasteiger partial charge in [0.2, 0.25) is 0 Å². The summed E-state index contributed by atoms with van der Waals surface area (Å²) in [6.45, 7) is 3.06. The molecule has 1 fully saturated rings. The summed E-state index contributed by atoms with van der Waals surface area (Å²) in [5, 5.41) is 13.2. The molecule has 0 radical (unpaired) electrons. The van der Waals surface area contributed by atoms with Crippen LogP contribution in [0.25, 0.3) is 0 Å². The minimum Gasteiger partial charge on any atom is -0.625 e. The number of hydrogen-bond acceptors (Lipinski definition) is 4. The van der Waals surface area contributed by atoms with Crippen molar-refractivity contribution in [2.45, 2.75) is 37.8 Å². The number of carbonyl (C=O) groups excluding carboxylic acids is 1. The molecule has 1 saturated heterocycles. The van der Waals surface area contributed by atoms with Crippen LogP contribution in [0.1, 0.15) is 46.7 Å². The number of anilines is 2. The molecule has 186 valence electrons. The van der Waals surface area contributed by atoms with Crippen LogP contribution in [-0.4, -0.2) is 47.7 Å². The number of rotatable bonds is 6. The Kier molecular flexibility index (Phi) is 5.86. The lowest BCUT2D eigenvalue weighted by molar-refractivity contribution is -0.807. The highest BCUT2D eigenvalue weighted by atomic mass is 19.1. The van der Waals surface area contributed by atoms with Crippen LogP contribution >= 0.6 is 0 Å². The lowest BCUT2D eigenvalue weighted by Gasteiger charge is -2.39. The number of halogens is 2. The maximum atomic E-state index is 14.2. The van der Waals surface area contributed by atoms with Crippen LogP contribution in [0.5, 0.6) is 0 Å². The summed E-state index contributed by atoms with van der Waals surface area (Å²) in [4.78, 5) is 17.3. The van der Waals surface area contributed by atoms with Crippen LogP contribution in [0.15, 0.2) is 66.7 Å². The Hall–Kier alpha value is -3.13. The standard InChI is InChI=1S/C29H29F2N3O2/c30-21-7-10-23(11-8-21)33-27-12-9-22(31)17-25(27)26-18-32(15-13-28(26)33)14-3-4-16-34(36)19-20-5-1-2-6-24(20)29(34)35/h1-2,5-12,17,26,28H,3-4,13-16,18-19H2. The van der Waals surface area contributed by atoms with E-state index in [1.807, 2.05) is 18.2 Å². The van der Waals surface area contributed by atoms with Gasteiger partial charge in [-0.15, -0.1) is 0 Å². The number of hydroxylamine groups is 3. The lowest BCUT2D eigenvalue weighted by atomic mass is 9.89. The molecule has 5 nitrogen and oxygen atoms in total. The molecule has 3 aliphatic rings. The number of nitrogens with zero attached hydrogens (tertiary/aromatic N) is 3. The minimum absolute atomic E-state index is 0.155. The van der Waals surface area contributed by atoms with Gasteiger partial charge < -0.3 is 15.0 Å². The fraction of sp³-hybridized carbons (Fsp3) is 0.345. The van der Waals surface area contributed by atoms with E-state index in [9.17, 15) is 18.8 Å². The van der Waals surface area contributed by atoms with Crippen molar-refractivity contribution >= 4 is 17.3 Å². The maximum absolute atomic E-state index is 14.2. The second-order valence-corrected chi connectivity index (χ2v) is 10.3. The summed E-state index contributed by atoms with van der Waals surface area (Å²) < 4.78 is 27.0. The van der Waals surface area contributed by atoms with Crippen LogP contribution in [0.3, 0.4) is 0 Å². The third-order valence-electron chi connectivity index (χ3n) is 8.03. The Morgan fingerprint density at radius 3 is 2.56 bits per heavy atom.